The van der Waals surface area contributed by atoms with Gasteiger partial charge in [-0.1, -0.05) is 23.9 Å². The van der Waals surface area contributed by atoms with Crippen molar-refractivity contribution in [3.63, 3.8) is 0 Å². The Bertz CT molecular complexity index is 1230. The summed E-state index contributed by atoms with van der Waals surface area (Å²) < 4.78 is 7.55. The van der Waals surface area contributed by atoms with Gasteiger partial charge < -0.3 is 15.8 Å². The quantitative estimate of drug-likeness (QED) is 0.387. The lowest BCUT2D eigenvalue weighted by atomic mass is 10.3. The van der Waals surface area contributed by atoms with E-state index in [4.69, 9.17) is 10.5 Å². The summed E-state index contributed by atoms with van der Waals surface area (Å²) in [5.74, 6) is 3.04. The highest BCUT2D eigenvalue weighted by Gasteiger charge is 2.30. The Kier molecular flexibility index (Phi) is 5.55. The van der Waals surface area contributed by atoms with E-state index in [1.165, 1.54) is 11.8 Å². The van der Waals surface area contributed by atoms with Gasteiger partial charge in [-0.2, -0.15) is 15.0 Å². The van der Waals surface area contributed by atoms with Crippen molar-refractivity contribution >= 4 is 29.3 Å². The van der Waals surface area contributed by atoms with Gasteiger partial charge in [0.15, 0.2) is 11.0 Å². The standard InChI is InChI=1S/C21H21N9OS/c1-31-16-7-3-2-6-15(16)24-20-26-17(25-19(22)27-20)12-32-21-29-28-18(30(21)14-8-9-14)13-5-4-10-23-11-13/h2-7,10-11,14H,8-9,12H2,1H3,(H3,22,24,25,26,27). The Labute approximate surface area is 188 Å². The number of nitrogens with zero attached hydrogens (tertiary/aromatic N) is 7. The van der Waals surface area contributed by atoms with Crippen LogP contribution in [0.15, 0.2) is 53.9 Å². The summed E-state index contributed by atoms with van der Waals surface area (Å²) in [6, 6.07) is 11.8. The van der Waals surface area contributed by atoms with E-state index in [2.05, 4.69) is 40.0 Å². The first kappa shape index (κ1) is 20.2. The third-order valence-electron chi connectivity index (χ3n) is 4.88. The summed E-state index contributed by atoms with van der Waals surface area (Å²) >= 11 is 1.52. The summed E-state index contributed by atoms with van der Waals surface area (Å²) in [6.07, 6.45) is 5.79. The highest BCUT2D eigenvalue weighted by Crippen LogP contribution is 2.41. The van der Waals surface area contributed by atoms with Gasteiger partial charge in [0.1, 0.15) is 11.6 Å². The van der Waals surface area contributed by atoms with Crippen LogP contribution in [0.3, 0.4) is 0 Å². The largest absolute Gasteiger partial charge is 0.495 e. The van der Waals surface area contributed by atoms with Gasteiger partial charge in [0.2, 0.25) is 11.9 Å². The van der Waals surface area contributed by atoms with Gasteiger partial charge >= 0.3 is 0 Å². The average Bonchev–Trinajstić information content (AvgIpc) is 3.57. The van der Waals surface area contributed by atoms with Crippen LogP contribution in [0, 0.1) is 0 Å². The lowest BCUT2D eigenvalue weighted by Crippen LogP contribution is -2.07. The zero-order valence-corrected chi connectivity index (χ0v) is 18.2. The summed E-state index contributed by atoms with van der Waals surface area (Å²) in [5, 5.41) is 12.8. The molecule has 1 aliphatic carbocycles. The van der Waals surface area contributed by atoms with Crippen molar-refractivity contribution in [1.29, 1.82) is 0 Å². The first-order valence-electron chi connectivity index (χ1n) is 10.1. The van der Waals surface area contributed by atoms with E-state index < -0.39 is 0 Å². The van der Waals surface area contributed by atoms with Gasteiger partial charge in [-0.3, -0.25) is 9.55 Å². The minimum Gasteiger partial charge on any atom is -0.495 e. The van der Waals surface area contributed by atoms with Crippen LogP contribution in [0.4, 0.5) is 17.6 Å². The molecule has 1 fully saturated rings. The van der Waals surface area contributed by atoms with Crippen LogP contribution in [0.5, 0.6) is 5.75 Å². The average molecular weight is 448 g/mol. The van der Waals surface area contributed by atoms with Crippen LogP contribution in [-0.4, -0.2) is 41.8 Å². The van der Waals surface area contributed by atoms with Crippen LogP contribution in [0.2, 0.25) is 0 Å². The Hall–Kier alpha value is -3.73. The number of ether oxygens (including phenoxy) is 1. The van der Waals surface area contributed by atoms with Gasteiger partial charge in [0, 0.05) is 24.0 Å². The number of rotatable bonds is 8. The summed E-state index contributed by atoms with van der Waals surface area (Å²) in [6.45, 7) is 0. The number of hydrogen-bond acceptors (Lipinski definition) is 10. The smallest absolute Gasteiger partial charge is 0.232 e. The molecule has 11 heteroatoms. The maximum absolute atomic E-state index is 5.94. The lowest BCUT2D eigenvalue weighted by Gasteiger charge is -2.11. The predicted octanol–water partition coefficient (Wildman–Crippen LogP) is 3.49. The maximum Gasteiger partial charge on any atom is 0.232 e. The molecule has 0 saturated heterocycles. The van der Waals surface area contributed by atoms with E-state index in [1.807, 2.05) is 36.4 Å². The molecule has 0 aliphatic heterocycles. The normalized spacial score (nSPS) is 13.2. The Morgan fingerprint density at radius 1 is 1.12 bits per heavy atom. The number of nitrogen functional groups attached to an aromatic ring is 1. The third-order valence-corrected chi connectivity index (χ3v) is 5.82. The summed E-state index contributed by atoms with van der Waals surface area (Å²) in [5.41, 5.74) is 7.63. The van der Waals surface area contributed by atoms with E-state index in [-0.39, 0.29) is 5.95 Å². The molecule has 0 amide bonds. The van der Waals surface area contributed by atoms with Crippen molar-refractivity contribution in [2.45, 2.75) is 29.8 Å². The molecule has 0 radical (unpaired) electrons. The zero-order valence-electron chi connectivity index (χ0n) is 17.3. The number of thioether (sulfide) groups is 1. The molecule has 10 nitrogen and oxygen atoms in total. The fraction of sp³-hybridized carbons (Fsp3) is 0.238. The highest BCUT2D eigenvalue weighted by atomic mass is 32.2. The number of methoxy groups -OCH3 is 1. The number of hydrogen-bond donors (Lipinski definition) is 2. The number of pyridine rings is 1. The molecule has 0 unspecified atom stereocenters. The first-order chi connectivity index (χ1) is 15.7. The Balaban J connectivity index is 1.36. The molecule has 0 spiro atoms. The maximum atomic E-state index is 5.94. The summed E-state index contributed by atoms with van der Waals surface area (Å²) in [7, 11) is 1.61. The first-order valence-corrected chi connectivity index (χ1v) is 11.1. The summed E-state index contributed by atoms with van der Waals surface area (Å²) in [4.78, 5) is 17.2. The fourth-order valence-corrected chi connectivity index (χ4v) is 4.15. The number of benzene rings is 1. The molecule has 1 saturated carbocycles. The van der Waals surface area contributed by atoms with Crippen molar-refractivity contribution in [1.82, 2.24) is 34.7 Å². The van der Waals surface area contributed by atoms with E-state index >= 15 is 0 Å². The van der Waals surface area contributed by atoms with E-state index in [9.17, 15) is 0 Å². The molecule has 32 heavy (non-hydrogen) atoms. The van der Waals surface area contributed by atoms with Crippen LogP contribution >= 0.6 is 11.8 Å². The second kappa shape index (κ2) is 8.79. The number of aromatic nitrogens is 7. The molecule has 162 valence electrons. The lowest BCUT2D eigenvalue weighted by molar-refractivity contribution is 0.417. The van der Waals surface area contributed by atoms with Gasteiger partial charge in [-0.05, 0) is 37.1 Å². The monoisotopic (exact) mass is 447 g/mol. The Morgan fingerprint density at radius 2 is 2.00 bits per heavy atom. The molecule has 0 bridgehead atoms. The molecule has 5 rings (SSSR count). The van der Waals surface area contributed by atoms with Gasteiger partial charge in [0.05, 0.1) is 18.6 Å². The van der Waals surface area contributed by atoms with Gasteiger partial charge in [0.25, 0.3) is 0 Å². The van der Waals surface area contributed by atoms with Crippen molar-refractivity contribution in [2.24, 2.45) is 0 Å². The number of nitrogens with two attached hydrogens (primary N) is 1. The third kappa shape index (κ3) is 4.33. The van der Waals surface area contributed by atoms with Crippen molar-refractivity contribution < 1.29 is 4.74 Å². The highest BCUT2D eigenvalue weighted by molar-refractivity contribution is 7.98. The second-order valence-electron chi connectivity index (χ2n) is 7.20. The molecule has 4 aromatic rings. The molecule has 1 aromatic carbocycles. The minimum absolute atomic E-state index is 0.146. The zero-order chi connectivity index (χ0) is 21.9. The van der Waals surface area contributed by atoms with E-state index in [1.54, 1.807) is 19.5 Å². The molecular weight excluding hydrogens is 426 g/mol. The van der Waals surface area contributed by atoms with Crippen molar-refractivity contribution in [3.8, 4) is 17.1 Å². The number of anilines is 3. The molecular formula is C21H21N9OS. The van der Waals surface area contributed by atoms with E-state index in [0.717, 1.165) is 35.1 Å². The van der Waals surface area contributed by atoms with Gasteiger partial charge in [-0.25, -0.2) is 0 Å². The van der Waals surface area contributed by atoms with E-state index in [0.29, 0.717) is 29.3 Å². The molecule has 3 heterocycles. The fourth-order valence-electron chi connectivity index (χ4n) is 3.29. The molecule has 3 aromatic heterocycles. The number of nitrogens with one attached hydrogen (secondary N) is 1. The van der Waals surface area contributed by atoms with Crippen molar-refractivity contribution in [2.75, 3.05) is 18.2 Å². The molecule has 3 N–H and O–H groups in total. The molecule has 1 aliphatic rings. The Morgan fingerprint density at radius 3 is 2.78 bits per heavy atom. The number of para-hydroxylation sites is 2. The predicted molar refractivity (Wildman–Crippen MR) is 122 cm³/mol. The minimum atomic E-state index is 0.146. The van der Waals surface area contributed by atoms with Crippen molar-refractivity contribution in [3.05, 3.63) is 54.6 Å². The van der Waals surface area contributed by atoms with Crippen LogP contribution < -0.4 is 15.8 Å². The second-order valence-corrected chi connectivity index (χ2v) is 8.14. The van der Waals surface area contributed by atoms with Crippen LogP contribution in [0.25, 0.3) is 11.4 Å². The molecule has 0 atom stereocenters. The van der Waals surface area contributed by atoms with Gasteiger partial charge in [-0.15, -0.1) is 10.2 Å². The topological polar surface area (TPSA) is 130 Å². The van der Waals surface area contributed by atoms with Crippen LogP contribution in [-0.2, 0) is 5.75 Å². The van der Waals surface area contributed by atoms with Crippen LogP contribution in [0.1, 0.15) is 24.7 Å². The SMILES string of the molecule is COc1ccccc1Nc1nc(N)nc(CSc2nnc(-c3cccnc3)n2C2CC2)n1.